The topological polar surface area (TPSA) is 52.6 Å². The van der Waals surface area contributed by atoms with Crippen LogP contribution in [0.1, 0.15) is 31.7 Å². The molecule has 1 aromatic carbocycles. The zero-order valence-electron chi connectivity index (χ0n) is 13.4. The van der Waals surface area contributed by atoms with E-state index in [0.717, 1.165) is 5.56 Å². The summed E-state index contributed by atoms with van der Waals surface area (Å²) in [7, 11) is 1.31. The molecule has 0 saturated carbocycles. The number of benzene rings is 1. The number of halogens is 3. The van der Waals surface area contributed by atoms with Crippen LogP contribution < -0.4 is 4.74 Å². The van der Waals surface area contributed by atoms with Gasteiger partial charge in [-0.2, -0.15) is 0 Å². The predicted molar refractivity (Wildman–Crippen MR) is 99.7 cm³/mol. The number of esters is 2. The Morgan fingerprint density at radius 1 is 1.21 bits per heavy atom. The van der Waals surface area contributed by atoms with Crippen molar-refractivity contribution in [2.45, 2.75) is 31.7 Å². The summed E-state index contributed by atoms with van der Waals surface area (Å²) in [5.74, 6) is -0.317. The van der Waals surface area contributed by atoms with Crippen molar-refractivity contribution < 1.29 is 19.1 Å². The van der Waals surface area contributed by atoms with Gasteiger partial charge in [-0.3, -0.25) is 4.79 Å². The van der Waals surface area contributed by atoms with E-state index in [1.165, 1.54) is 13.2 Å². The van der Waals surface area contributed by atoms with Crippen molar-refractivity contribution in [1.82, 2.24) is 0 Å². The number of hydrogen-bond donors (Lipinski definition) is 0. The van der Waals surface area contributed by atoms with E-state index in [9.17, 15) is 9.59 Å². The molecule has 1 aromatic rings. The summed E-state index contributed by atoms with van der Waals surface area (Å²) in [6.45, 7) is 1.88. The van der Waals surface area contributed by atoms with Crippen molar-refractivity contribution in [2.24, 2.45) is 0 Å². The molecule has 1 unspecified atom stereocenters. The number of methoxy groups -OCH3 is 1. The first-order valence-corrected chi connectivity index (χ1v) is 12.5. The summed E-state index contributed by atoms with van der Waals surface area (Å²) in [4.78, 5) is 22.8. The van der Waals surface area contributed by atoms with E-state index in [1.807, 2.05) is 6.92 Å². The monoisotopic (exact) mass is 408 g/mol. The third kappa shape index (κ3) is 8.19. The minimum atomic E-state index is -2.71. The molecule has 24 heavy (non-hydrogen) atoms. The Morgan fingerprint density at radius 2 is 1.83 bits per heavy atom. The Labute approximate surface area is 156 Å². The summed E-state index contributed by atoms with van der Waals surface area (Å²) in [6.07, 6.45) is 4.48. The summed E-state index contributed by atoms with van der Waals surface area (Å²) < 4.78 is 9.75. The molecule has 1 atom stereocenters. The fraction of sp³-hybridized carbons (Fsp3) is 0.375. The minimum Gasteiger partial charge on any atom is -0.466 e. The highest BCUT2D eigenvalue weighted by Crippen LogP contribution is 2.36. The Bertz CT molecular complexity index is 582. The van der Waals surface area contributed by atoms with E-state index in [4.69, 9.17) is 38.0 Å². The molecule has 0 aromatic heterocycles. The molecule has 0 radical (unpaired) electrons. The normalized spacial score (nSPS) is 12.9. The minimum absolute atomic E-state index is 0.00354. The number of hydrogen-bond acceptors (Lipinski definition) is 4. The largest absolute Gasteiger partial charge is 0.466 e. The van der Waals surface area contributed by atoms with Crippen molar-refractivity contribution in [3.8, 4) is 5.75 Å². The average molecular weight is 410 g/mol. The fourth-order valence-electron chi connectivity index (χ4n) is 1.78. The third-order valence-electron chi connectivity index (χ3n) is 3.30. The molecule has 0 amide bonds. The van der Waals surface area contributed by atoms with Crippen molar-refractivity contribution in [3.05, 3.63) is 35.9 Å². The van der Waals surface area contributed by atoms with E-state index in [0.29, 0.717) is 18.6 Å². The summed E-state index contributed by atoms with van der Waals surface area (Å²) in [6, 6.07) is 4.08. The highest BCUT2D eigenvalue weighted by Gasteiger charge is 2.32. The van der Waals surface area contributed by atoms with Gasteiger partial charge in [0.25, 0.3) is 0 Å². The van der Waals surface area contributed by atoms with Crippen molar-refractivity contribution in [1.29, 1.82) is 0 Å². The Balaban J connectivity index is 2.42. The van der Waals surface area contributed by atoms with Crippen LogP contribution in [0, 0.1) is 0 Å². The maximum Gasteiger partial charge on any atom is 0.344 e. The van der Waals surface area contributed by atoms with Crippen molar-refractivity contribution >= 4 is 57.3 Å². The number of carbonyl (C=O) groups is 2. The van der Waals surface area contributed by atoms with E-state index in [1.54, 1.807) is 30.3 Å². The van der Waals surface area contributed by atoms with Gasteiger partial charge in [-0.05, 0) is 42.2 Å². The molecule has 0 saturated heterocycles. The van der Waals surface area contributed by atoms with Gasteiger partial charge in [0, 0.05) is 12.5 Å². The lowest BCUT2D eigenvalue weighted by Gasteiger charge is -2.16. The molecule has 0 aliphatic rings. The van der Waals surface area contributed by atoms with Crippen LogP contribution in [0.25, 0.3) is 6.08 Å². The Morgan fingerprint density at radius 3 is 2.38 bits per heavy atom. The molecule has 0 fully saturated rings. The van der Waals surface area contributed by atoms with Crippen LogP contribution >= 0.6 is 33.2 Å². The van der Waals surface area contributed by atoms with Gasteiger partial charge < -0.3 is 9.47 Å². The van der Waals surface area contributed by atoms with Gasteiger partial charge in [-0.1, -0.05) is 19.1 Å². The fourth-order valence-corrected chi connectivity index (χ4v) is 3.29. The first-order chi connectivity index (χ1) is 11.2. The smallest absolute Gasteiger partial charge is 0.344 e. The third-order valence-corrected chi connectivity index (χ3v) is 8.06. The van der Waals surface area contributed by atoms with Gasteiger partial charge in [0.15, 0.2) is 0 Å². The van der Waals surface area contributed by atoms with E-state index >= 15 is 0 Å². The molecular formula is C16H19Cl3O4Si. The lowest BCUT2D eigenvalue weighted by molar-refractivity contribution is -0.135. The van der Waals surface area contributed by atoms with Crippen LogP contribution in [0.2, 0.25) is 5.54 Å². The summed E-state index contributed by atoms with van der Waals surface area (Å²) >= 11 is 17.8. The second-order valence-electron chi connectivity index (χ2n) is 5.23. The second-order valence-corrected chi connectivity index (χ2v) is 14.4. The Kier molecular flexibility index (Phi) is 8.84. The molecule has 4 nitrogen and oxygen atoms in total. The number of carbonyl (C=O) groups excluding carboxylic acids is 2. The van der Waals surface area contributed by atoms with Crippen molar-refractivity contribution in [2.75, 3.05) is 7.11 Å². The lowest BCUT2D eigenvalue weighted by atomic mass is 10.2. The lowest BCUT2D eigenvalue weighted by Crippen LogP contribution is -2.17. The van der Waals surface area contributed by atoms with Gasteiger partial charge in [-0.15, -0.1) is 33.2 Å². The molecule has 1 rings (SSSR count). The van der Waals surface area contributed by atoms with Crippen LogP contribution in [0.4, 0.5) is 0 Å². The summed E-state index contributed by atoms with van der Waals surface area (Å²) in [5.41, 5.74) is 0.790. The number of rotatable bonds is 8. The molecule has 0 aliphatic heterocycles. The molecule has 0 spiro atoms. The van der Waals surface area contributed by atoms with Crippen LogP contribution in [-0.4, -0.2) is 25.1 Å². The second kappa shape index (κ2) is 10.1. The number of ether oxygens (including phenoxy) is 2. The van der Waals surface area contributed by atoms with Gasteiger partial charge >= 0.3 is 17.9 Å². The molecule has 132 valence electrons. The first kappa shape index (κ1) is 21.0. The van der Waals surface area contributed by atoms with E-state index < -0.39 is 12.0 Å². The molecular weight excluding hydrogens is 391 g/mol. The highest BCUT2D eigenvalue weighted by molar-refractivity contribution is 7.65. The molecule has 8 heteroatoms. The molecule has 0 aliphatic carbocycles. The van der Waals surface area contributed by atoms with E-state index in [2.05, 4.69) is 4.74 Å². The van der Waals surface area contributed by atoms with Gasteiger partial charge in [-0.25, -0.2) is 4.79 Å². The van der Waals surface area contributed by atoms with Crippen molar-refractivity contribution in [3.63, 3.8) is 0 Å². The summed E-state index contributed by atoms with van der Waals surface area (Å²) in [5, 5.41) is 0. The highest BCUT2D eigenvalue weighted by atomic mass is 35.8. The SMILES string of the molecule is COC(=O)/C=C/c1ccc(OC(=O)CCCC(C)[Si](Cl)(Cl)Cl)cc1. The predicted octanol–water partition coefficient (Wildman–Crippen LogP) is 4.99. The molecule has 0 N–H and O–H groups in total. The van der Waals surface area contributed by atoms with Crippen LogP contribution in [0.5, 0.6) is 5.75 Å². The zero-order valence-corrected chi connectivity index (χ0v) is 16.7. The van der Waals surface area contributed by atoms with Crippen LogP contribution in [0.3, 0.4) is 0 Å². The van der Waals surface area contributed by atoms with Crippen LogP contribution in [0.15, 0.2) is 30.3 Å². The van der Waals surface area contributed by atoms with Gasteiger partial charge in [0.1, 0.15) is 5.75 Å². The van der Waals surface area contributed by atoms with Gasteiger partial charge in [0.2, 0.25) is 0 Å². The van der Waals surface area contributed by atoms with Crippen LogP contribution in [-0.2, 0) is 14.3 Å². The maximum absolute atomic E-state index is 11.8. The quantitative estimate of drug-likeness (QED) is 0.199. The van der Waals surface area contributed by atoms with E-state index in [-0.39, 0.29) is 17.9 Å². The standard InChI is InChI=1S/C16H19Cl3O4Si/c1-12(24(17,18)19)4-3-5-16(21)23-14-9-6-13(7-10-14)8-11-15(20)22-2/h6-12H,3-5H2,1-2H3/b11-8+. The molecule has 0 bridgehead atoms. The molecule has 0 heterocycles. The first-order valence-electron chi connectivity index (χ1n) is 7.36. The van der Waals surface area contributed by atoms with Gasteiger partial charge in [0.05, 0.1) is 7.11 Å². The Hall–Kier alpha value is -1.01. The average Bonchev–Trinajstić information content (AvgIpc) is 2.52. The zero-order chi connectivity index (χ0) is 18.2. The maximum atomic E-state index is 11.8.